The molecule has 19 heavy (non-hydrogen) atoms. The second-order valence-corrected chi connectivity index (χ2v) is 6.06. The van der Waals surface area contributed by atoms with Crippen molar-refractivity contribution in [3.05, 3.63) is 56.2 Å². The Balaban J connectivity index is 1.98. The third kappa shape index (κ3) is 3.65. The summed E-state index contributed by atoms with van der Waals surface area (Å²) in [5.74, 6) is -0.192. The minimum absolute atomic E-state index is 0.192. The highest BCUT2D eigenvalue weighted by Gasteiger charge is 2.13. The highest BCUT2D eigenvalue weighted by atomic mass is 79.9. The Morgan fingerprint density at radius 2 is 2.26 bits per heavy atom. The average Bonchev–Trinajstić information content (AvgIpc) is 2.89. The normalized spacial score (nSPS) is 12.2. The number of halogens is 1. The van der Waals surface area contributed by atoms with Crippen LogP contribution in [-0.2, 0) is 0 Å². The van der Waals surface area contributed by atoms with E-state index in [0.29, 0.717) is 5.56 Å². The summed E-state index contributed by atoms with van der Waals surface area (Å²) in [7, 11) is 0. The van der Waals surface area contributed by atoms with Gasteiger partial charge in [-0.05, 0) is 52.0 Å². The molecule has 1 heterocycles. The molecule has 0 radical (unpaired) electrons. The number of carbonyl (C=O) groups excluding carboxylic acids is 1. The van der Waals surface area contributed by atoms with Crippen molar-refractivity contribution >= 4 is 33.2 Å². The molecule has 1 unspecified atom stereocenters. The van der Waals surface area contributed by atoms with Gasteiger partial charge in [-0.15, -0.1) is 11.3 Å². The molecule has 0 fully saturated rings. The molecule has 2 aromatic rings. The van der Waals surface area contributed by atoms with Crippen LogP contribution in [0.4, 0.5) is 0 Å². The Labute approximate surface area is 124 Å². The Bertz CT molecular complexity index is 569. The molecule has 2 rings (SSSR count). The van der Waals surface area contributed by atoms with Gasteiger partial charge < -0.3 is 10.4 Å². The van der Waals surface area contributed by atoms with Gasteiger partial charge in [-0.25, -0.2) is 0 Å². The molecule has 0 aliphatic heterocycles. The van der Waals surface area contributed by atoms with E-state index in [0.717, 1.165) is 14.9 Å². The lowest BCUT2D eigenvalue weighted by atomic mass is 10.1. The van der Waals surface area contributed by atoms with Crippen molar-refractivity contribution in [3.63, 3.8) is 0 Å². The lowest BCUT2D eigenvalue weighted by Gasteiger charge is -2.11. The third-order valence-corrected chi connectivity index (χ3v) is 4.33. The van der Waals surface area contributed by atoms with Crippen molar-refractivity contribution in [1.82, 2.24) is 5.32 Å². The van der Waals surface area contributed by atoms with Crippen molar-refractivity contribution < 1.29 is 9.90 Å². The number of aryl methyl sites for hydroxylation is 1. The van der Waals surface area contributed by atoms with E-state index in [1.807, 2.05) is 36.6 Å². The SMILES string of the molecule is Cc1ccc(C(=O)NCC(O)c2cccs2)c(Br)c1. The number of hydrogen-bond donors (Lipinski definition) is 2. The highest BCUT2D eigenvalue weighted by molar-refractivity contribution is 9.10. The molecule has 1 amide bonds. The molecule has 2 N–H and O–H groups in total. The van der Waals surface area contributed by atoms with Crippen LogP contribution in [0.25, 0.3) is 0 Å². The predicted octanol–water partition coefficient (Wildman–Crippen LogP) is 3.28. The summed E-state index contributed by atoms with van der Waals surface area (Å²) in [5.41, 5.74) is 1.66. The van der Waals surface area contributed by atoms with Crippen LogP contribution in [-0.4, -0.2) is 17.6 Å². The number of nitrogens with one attached hydrogen (secondary N) is 1. The Morgan fingerprint density at radius 1 is 1.47 bits per heavy atom. The van der Waals surface area contributed by atoms with Gasteiger partial charge in [-0.3, -0.25) is 4.79 Å². The number of amides is 1. The lowest BCUT2D eigenvalue weighted by molar-refractivity contribution is 0.0917. The van der Waals surface area contributed by atoms with Crippen LogP contribution in [0.2, 0.25) is 0 Å². The molecule has 100 valence electrons. The summed E-state index contributed by atoms with van der Waals surface area (Å²) >= 11 is 4.85. The van der Waals surface area contributed by atoms with Gasteiger partial charge in [0, 0.05) is 15.9 Å². The van der Waals surface area contributed by atoms with E-state index in [1.54, 1.807) is 6.07 Å². The van der Waals surface area contributed by atoms with E-state index >= 15 is 0 Å². The molecule has 3 nitrogen and oxygen atoms in total. The van der Waals surface area contributed by atoms with Crippen LogP contribution in [0, 0.1) is 6.92 Å². The standard InChI is InChI=1S/C14H14BrNO2S/c1-9-4-5-10(11(15)7-9)14(18)16-8-12(17)13-3-2-6-19-13/h2-7,12,17H,8H2,1H3,(H,16,18). The first-order valence-corrected chi connectivity index (χ1v) is 7.51. The Morgan fingerprint density at radius 3 is 2.89 bits per heavy atom. The fourth-order valence-corrected chi connectivity index (χ4v) is 3.06. The van der Waals surface area contributed by atoms with Gasteiger partial charge >= 0.3 is 0 Å². The monoisotopic (exact) mass is 339 g/mol. The van der Waals surface area contributed by atoms with Gasteiger partial charge in [0.15, 0.2) is 0 Å². The van der Waals surface area contributed by atoms with E-state index in [4.69, 9.17) is 0 Å². The topological polar surface area (TPSA) is 49.3 Å². The van der Waals surface area contributed by atoms with Gasteiger partial charge in [0.2, 0.25) is 0 Å². The van der Waals surface area contributed by atoms with Gasteiger partial charge in [0.25, 0.3) is 5.91 Å². The van der Waals surface area contributed by atoms with Gasteiger partial charge in [-0.2, -0.15) is 0 Å². The summed E-state index contributed by atoms with van der Waals surface area (Å²) in [6.07, 6.45) is -0.659. The molecular weight excluding hydrogens is 326 g/mol. The fourth-order valence-electron chi connectivity index (χ4n) is 1.67. The average molecular weight is 340 g/mol. The van der Waals surface area contributed by atoms with Crippen molar-refractivity contribution in [2.45, 2.75) is 13.0 Å². The first-order chi connectivity index (χ1) is 9.08. The molecule has 0 bridgehead atoms. The molecular formula is C14H14BrNO2S. The molecule has 0 spiro atoms. The second kappa shape index (κ2) is 6.32. The number of aliphatic hydroxyl groups excluding tert-OH is 1. The quantitative estimate of drug-likeness (QED) is 0.897. The van der Waals surface area contributed by atoms with Crippen LogP contribution in [0.5, 0.6) is 0 Å². The number of thiophene rings is 1. The maximum absolute atomic E-state index is 12.0. The fraction of sp³-hybridized carbons (Fsp3) is 0.214. The van der Waals surface area contributed by atoms with Crippen molar-refractivity contribution in [1.29, 1.82) is 0 Å². The van der Waals surface area contributed by atoms with Crippen LogP contribution in [0.15, 0.2) is 40.2 Å². The summed E-state index contributed by atoms with van der Waals surface area (Å²) in [6.45, 7) is 2.17. The smallest absolute Gasteiger partial charge is 0.252 e. The van der Waals surface area contributed by atoms with Crippen LogP contribution >= 0.6 is 27.3 Å². The maximum Gasteiger partial charge on any atom is 0.252 e. The third-order valence-electron chi connectivity index (χ3n) is 2.70. The molecule has 1 aromatic heterocycles. The van der Waals surface area contributed by atoms with Crippen LogP contribution in [0.1, 0.15) is 26.9 Å². The van der Waals surface area contributed by atoms with Crippen molar-refractivity contribution in [2.24, 2.45) is 0 Å². The summed E-state index contributed by atoms with van der Waals surface area (Å²) in [6, 6.07) is 9.27. The first kappa shape index (κ1) is 14.2. The Hall–Kier alpha value is -1.17. The molecule has 0 aliphatic carbocycles. The van der Waals surface area contributed by atoms with Crippen molar-refractivity contribution in [3.8, 4) is 0 Å². The zero-order valence-electron chi connectivity index (χ0n) is 10.4. The van der Waals surface area contributed by atoms with E-state index in [9.17, 15) is 9.90 Å². The molecule has 1 aromatic carbocycles. The molecule has 5 heteroatoms. The summed E-state index contributed by atoms with van der Waals surface area (Å²) in [5, 5.41) is 14.5. The zero-order valence-corrected chi connectivity index (χ0v) is 12.8. The van der Waals surface area contributed by atoms with Gasteiger partial charge in [0.1, 0.15) is 6.10 Å². The number of aliphatic hydroxyl groups is 1. The summed E-state index contributed by atoms with van der Waals surface area (Å²) < 4.78 is 0.760. The number of hydrogen-bond acceptors (Lipinski definition) is 3. The van der Waals surface area contributed by atoms with E-state index in [2.05, 4.69) is 21.2 Å². The Kier molecular flexibility index (Phi) is 4.74. The number of rotatable bonds is 4. The number of carbonyl (C=O) groups is 1. The maximum atomic E-state index is 12.0. The molecule has 0 saturated heterocycles. The van der Waals surface area contributed by atoms with E-state index < -0.39 is 6.10 Å². The molecule has 0 saturated carbocycles. The second-order valence-electron chi connectivity index (χ2n) is 4.22. The first-order valence-electron chi connectivity index (χ1n) is 5.83. The predicted molar refractivity (Wildman–Crippen MR) is 80.5 cm³/mol. The van der Waals surface area contributed by atoms with Gasteiger partial charge in [0.05, 0.1) is 5.56 Å². The van der Waals surface area contributed by atoms with Crippen molar-refractivity contribution in [2.75, 3.05) is 6.54 Å². The minimum atomic E-state index is -0.659. The van der Waals surface area contributed by atoms with E-state index in [1.165, 1.54) is 11.3 Å². The van der Waals surface area contributed by atoms with Crippen LogP contribution < -0.4 is 5.32 Å². The molecule has 1 atom stereocenters. The van der Waals surface area contributed by atoms with Gasteiger partial charge in [-0.1, -0.05) is 12.1 Å². The van der Waals surface area contributed by atoms with E-state index in [-0.39, 0.29) is 12.5 Å². The zero-order chi connectivity index (χ0) is 13.8. The largest absolute Gasteiger partial charge is 0.386 e. The minimum Gasteiger partial charge on any atom is -0.386 e. The molecule has 0 aliphatic rings. The van der Waals surface area contributed by atoms with Crippen LogP contribution in [0.3, 0.4) is 0 Å². The highest BCUT2D eigenvalue weighted by Crippen LogP contribution is 2.20. The lowest BCUT2D eigenvalue weighted by Crippen LogP contribution is -2.28. The summed E-state index contributed by atoms with van der Waals surface area (Å²) in [4.78, 5) is 12.9. The number of benzene rings is 1.